The summed E-state index contributed by atoms with van der Waals surface area (Å²) < 4.78 is 0. The second-order valence-corrected chi connectivity index (χ2v) is 3.65. The van der Waals surface area contributed by atoms with E-state index in [1.54, 1.807) is 7.05 Å². The maximum Gasteiger partial charge on any atom is 0.193 e. The fourth-order valence-electron chi connectivity index (χ4n) is 1.43. The Balaban J connectivity index is 2.74. The van der Waals surface area contributed by atoms with Crippen molar-refractivity contribution in [3.8, 4) is 0 Å². The zero-order valence-corrected chi connectivity index (χ0v) is 10.0. The van der Waals surface area contributed by atoms with Gasteiger partial charge in [0.15, 0.2) is 5.96 Å². The van der Waals surface area contributed by atoms with E-state index in [4.69, 9.17) is 11.6 Å². The van der Waals surface area contributed by atoms with Crippen molar-refractivity contribution in [3.63, 3.8) is 0 Å². The molecule has 0 aromatic heterocycles. The van der Waals surface area contributed by atoms with E-state index < -0.39 is 0 Å². The van der Waals surface area contributed by atoms with Gasteiger partial charge in [0.2, 0.25) is 0 Å². The van der Waals surface area contributed by atoms with Crippen LogP contribution in [0.5, 0.6) is 0 Å². The summed E-state index contributed by atoms with van der Waals surface area (Å²) in [4.78, 5) is 6.14. The Morgan fingerprint density at radius 1 is 1.47 bits per heavy atom. The molecule has 0 saturated heterocycles. The molecule has 0 radical (unpaired) electrons. The molecule has 0 aliphatic carbocycles. The topological polar surface area (TPSA) is 27.6 Å². The number of nitrogens with one attached hydrogen (secondary N) is 1. The molecule has 0 amide bonds. The third kappa shape index (κ3) is 3.13. The molecule has 1 aromatic rings. The minimum atomic E-state index is 0.743. The Hall–Kier alpha value is -1.22. The van der Waals surface area contributed by atoms with Gasteiger partial charge in [-0.1, -0.05) is 29.8 Å². The lowest BCUT2D eigenvalue weighted by Gasteiger charge is -2.20. The molecule has 0 bridgehead atoms. The standard InChI is InChI=1S/C11H16ClN3/c1-13-11(14-2)15(3)8-9-6-4-5-7-10(9)12/h4-7H,8H2,1-3H3,(H,13,14). The lowest BCUT2D eigenvalue weighted by molar-refractivity contribution is 0.483. The highest BCUT2D eigenvalue weighted by atomic mass is 35.5. The van der Waals surface area contributed by atoms with Crippen LogP contribution in [0.25, 0.3) is 0 Å². The number of halogens is 1. The molecule has 0 aliphatic heterocycles. The summed E-state index contributed by atoms with van der Waals surface area (Å²) in [6.45, 7) is 0.743. The predicted molar refractivity (Wildman–Crippen MR) is 65.3 cm³/mol. The molecule has 15 heavy (non-hydrogen) atoms. The van der Waals surface area contributed by atoms with Crippen LogP contribution in [0, 0.1) is 0 Å². The molecule has 0 aliphatic rings. The van der Waals surface area contributed by atoms with Gasteiger partial charge in [0, 0.05) is 32.7 Å². The third-order valence-corrected chi connectivity index (χ3v) is 2.53. The van der Waals surface area contributed by atoms with E-state index in [-0.39, 0.29) is 0 Å². The van der Waals surface area contributed by atoms with E-state index in [2.05, 4.69) is 10.3 Å². The molecule has 1 N–H and O–H groups in total. The van der Waals surface area contributed by atoms with Crippen molar-refractivity contribution >= 4 is 17.6 Å². The fraction of sp³-hybridized carbons (Fsp3) is 0.364. The first-order chi connectivity index (χ1) is 7.19. The predicted octanol–water partition coefficient (Wildman–Crippen LogP) is 1.98. The van der Waals surface area contributed by atoms with Gasteiger partial charge in [-0.05, 0) is 11.6 Å². The summed E-state index contributed by atoms with van der Waals surface area (Å²) in [6.07, 6.45) is 0. The van der Waals surface area contributed by atoms with Crippen LogP contribution in [0.4, 0.5) is 0 Å². The number of guanidine groups is 1. The van der Waals surface area contributed by atoms with Gasteiger partial charge in [-0.3, -0.25) is 4.99 Å². The van der Waals surface area contributed by atoms with Crippen LogP contribution in [-0.4, -0.2) is 32.0 Å². The monoisotopic (exact) mass is 225 g/mol. The highest BCUT2D eigenvalue weighted by Gasteiger charge is 2.06. The average molecular weight is 226 g/mol. The zero-order valence-electron chi connectivity index (χ0n) is 9.29. The van der Waals surface area contributed by atoms with E-state index in [0.717, 1.165) is 23.1 Å². The summed E-state index contributed by atoms with van der Waals surface area (Å²) in [7, 11) is 5.59. The first-order valence-electron chi connectivity index (χ1n) is 4.78. The number of nitrogens with zero attached hydrogens (tertiary/aromatic N) is 2. The van der Waals surface area contributed by atoms with Crippen LogP contribution in [0.15, 0.2) is 29.3 Å². The van der Waals surface area contributed by atoms with Gasteiger partial charge in [-0.2, -0.15) is 0 Å². The molecule has 0 heterocycles. The molecule has 0 fully saturated rings. The molecule has 1 rings (SSSR count). The Morgan fingerprint density at radius 2 is 2.13 bits per heavy atom. The highest BCUT2D eigenvalue weighted by Crippen LogP contribution is 2.16. The summed E-state index contributed by atoms with van der Waals surface area (Å²) in [5.74, 6) is 0.843. The van der Waals surface area contributed by atoms with Gasteiger partial charge in [0.25, 0.3) is 0 Å². The minimum Gasteiger partial charge on any atom is -0.359 e. The second kappa shape index (κ2) is 5.61. The Kier molecular flexibility index (Phi) is 4.43. The zero-order chi connectivity index (χ0) is 11.3. The Morgan fingerprint density at radius 3 is 2.67 bits per heavy atom. The quantitative estimate of drug-likeness (QED) is 0.616. The SMILES string of the molecule is CN=C(NC)N(C)Cc1ccccc1Cl. The summed E-state index contributed by atoms with van der Waals surface area (Å²) in [6, 6.07) is 7.82. The van der Waals surface area contributed by atoms with E-state index in [1.807, 2.05) is 43.3 Å². The number of benzene rings is 1. The van der Waals surface area contributed by atoms with Gasteiger partial charge in [-0.15, -0.1) is 0 Å². The van der Waals surface area contributed by atoms with Crippen LogP contribution in [-0.2, 0) is 6.54 Å². The molecule has 4 heteroatoms. The summed E-state index contributed by atoms with van der Waals surface area (Å²) >= 11 is 6.07. The Bertz CT molecular complexity index is 349. The normalized spacial score (nSPS) is 11.3. The summed E-state index contributed by atoms with van der Waals surface area (Å²) in [5, 5.41) is 3.81. The van der Waals surface area contributed by atoms with Gasteiger partial charge in [0.1, 0.15) is 0 Å². The molecule has 3 nitrogen and oxygen atoms in total. The fourth-order valence-corrected chi connectivity index (χ4v) is 1.63. The lowest BCUT2D eigenvalue weighted by atomic mass is 10.2. The van der Waals surface area contributed by atoms with Crippen molar-refractivity contribution in [2.24, 2.45) is 4.99 Å². The van der Waals surface area contributed by atoms with Crippen LogP contribution >= 0.6 is 11.6 Å². The van der Waals surface area contributed by atoms with E-state index in [9.17, 15) is 0 Å². The smallest absolute Gasteiger partial charge is 0.193 e. The number of hydrogen-bond acceptors (Lipinski definition) is 1. The van der Waals surface area contributed by atoms with E-state index in [1.165, 1.54) is 0 Å². The molecular weight excluding hydrogens is 210 g/mol. The maximum atomic E-state index is 6.07. The van der Waals surface area contributed by atoms with Crippen LogP contribution in [0.1, 0.15) is 5.56 Å². The molecule has 0 spiro atoms. The largest absolute Gasteiger partial charge is 0.359 e. The van der Waals surface area contributed by atoms with Gasteiger partial charge >= 0.3 is 0 Å². The number of hydrogen-bond donors (Lipinski definition) is 1. The van der Waals surface area contributed by atoms with E-state index >= 15 is 0 Å². The minimum absolute atomic E-state index is 0.743. The third-order valence-electron chi connectivity index (χ3n) is 2.16. The van der Waals surface area contributed by atoms with Gasteiger partial charge < -0.3 is 10.2 Å². The molecule has 0 unspecified atom stereocenters. The summed E-state index contributed by atoms with van der Waals surface area (Å²) in [5.41, 5.74) is 1.10. The van der Waals surface area contributed by atoms with Crippen molar-refractivity contribution < 1.29 is 0 Å². The molecule has 0 saturated carbocycles. The Labute approximate surface area is 95.8 Å². The van der Waals surface area contributed by atoms with Gasteiger partial charge in [-0.25, -0.2) is 0 Å². The van der Waals surface area contributed by atoms with Crippen LogP contribution in [0.2, 0.25) is 5.02 Å². The average Bonchev–Trinajstić information content (AvgIpc) is 2.23. The van der Waals surface area contributed by atoms with Crippen molar-refractivity contribution in [1.82, 2.24) is 10.2 Å². The lowest BCUT2D eigenvalue weighted by Crippen LogP contribution is -2.36. The molecular formula is C11H16ClN3. The van der Waals surface area contributed by atoms with Crippen molar-refractivity contribution in [2.45, 2.75) is 6.54 Å². The van der Waals surface area contributed by atoms with Crippen LogP contribution in [0.3, 0.4) is 0 Å². The molecule has 1 aromatic carbocycles. The van der Waals surface area contributed by atoms with Crippen molar-refractivity contribution in [2.75, 3.05) is 21.1 Å². The van der Waals surface area contributed by atoms with Crippen molar-refractivity contribution in [3.05, 3.63) is 34.9 Å². The second-order valence-electron chi connectivity index (χ2n) is 3.24. The first kappa shape index (κ1) is 11.9. The molecule has 0 atom stereocenters. The maximum absolute atomic E-state index is 6.07. The number of aliphatic imine (C=N–C) groups is 1. The van der Waals surface area contributed by atoms with Crippen molar-refractivity contribution in [1.29, 1.82) is 0 Å². The van der Waals surface area contributed by atoms with Crippen LogP contribution < -0.4 is 5.32 Å². The highest BCUT2D eigenvalue weighted by molar-refractivity contribution is 6.31. The van der Waals surface area contributed by atoms with E-state index in [0.29, 0.717) is 0 Å². The van der Waals surface area contributed by atoms with Gasteiger partial charge in [0.05, 0.1) is 0 Å². The number of rotatable bonds is 2. The first-order valence-corrected chi connectivity index (χ1v) is 5.16. The molecule has 82 valence electrons.